The largest absolute Gasteiger partial charge is 0.478 e. The zero-order valence-electron chi connectivity index (χ0n) is 11.8. The summed E-state index contributed by atoms with van der Waals surface area (Å²) in [6.07, 6.45) is 6.42. The fraction of sp³-hybridized carbons (Fsp3) is 0.562. The van der Waals surface area contributed by atoms with Crippen LogP contribution < -0.4 is 4.90 Å². The smallest absolute Gasteiger partial charge is 0.335 e. The van der Waals surface area contributed by atoms with Crippen molar-refractivity contribution in [3.63, 3.8) is 0 Å². The van der Waals surface area contributed by atoms with Gasteiger partial charge in [-0.1, -0.05) is 13.3 Å². The molecule has 0 aliphatic heterocycles. The van der Waals surface area contributed by atoms with E-state index in [1.165, 1.54) is 32.1 Å². The van der Waals surface area contributed by atoms with Crippen molar-refractivity contribution in [2.24, 2.45) is 5.92 Å². The highest BCUT2D eigenvalue weighted by Crippen LogP contribution is 2.31. The number of hydrogen-bond donors (Lipinski definition) is 1. The molecule has 3 heteroatoms. The first-order chi connectivity index (χ1) is 9.11. The molecular weight excluding hydrogens is 238 g/mol. The molecule has 19 heavy (non-hydrogen) atoms. The molecular formula is C16H23NO2. The molecule has 0 spiro atoms. The molecule has 0 heterocycles. The van der Waals surface area contributed by atoms with Gasteiger partial charge in [0.1, 0.15) is 0 Å². The fourth-order valence-corrected chi connectivity index (χ4v) is 2.99. The Balaban J connectivity index is 1.99. The predicted octanol–water partition coefficient (Wildman–Crippen LogP) is 3.79. The van der Waals surface area contributed by atoms with Gasteiger partial charge in [-0.2, -0.15) is 0 Å². The van der Waals surface area contributed by atoms with Crippen molar-refractivity contribution in [3.8, 4) is 0 Å². The van der Waals surface area contributed by atoms with E-state index in [9.17, 15) is 4.79 Å². The fourth-order valence-electron chi connectivity index (χ4n) is 2.99. The van der Waals surface area contributed by atoms with Crippen LogP contribution >= 0.6 is 0 Å². The summed E-state index contributed by atoms with van der Waals surface area (Å²) in [5, 5.41) is 8.91. The van der Waals surface area contributed by atoms with Crippen molar-refractivity contribution in [3.05, 3.63) is 29.8 Å². The van der Waals surface area contributed by atoms with E-state index < -0.39 is 5.97 Å². The summed E-state index contributed by atoms with van der Waals surface area (Å²) in [4.78, 5) is 13.1. The Morgan fingerprint density at radius 1 is 1.21 bits per heavy atom. The van der Waals surface area contributed by atoms with Crippen LogP contribution in [0, 0.1) is 5.92 Å². The molecule has 1 N–H and O–H groups in total. The highest BCUT2D eigenvalue weighted by molar-refractivity contribution is 5.88. The van der Waals surface area contributed by atoms with Gasteiger partial charge in [-0.05, 0) is 55.9 Å². The lowest BCUT2D eigenvalue weighted by Gasteiger charge is -2.35. The standard InChI is InChI=1S/C16H23NO2/c1-3-12-4-8-14(9-5-12)17(2)15-10-6-13(7-11-15)16(18)19/h6-7,10-12,14H,3-5,8-9H2,1-2H3,(H,18,19). The number of benzene rings is 1. The van der Waals surface area contributed by atoms with Crippen LogP contribution in [0.3, 0.4) is 0 Å². The van der Waals surface area contributed by atoms with Crippen LogP contribution in [0.1, 0.15) is 49.4 Å². The van der Waals surface area contributed by atoms with Crippen LogP contribution in [-0.2, 0) is 0 Å². The van der Waals surface area contributed by atoms with Gasteiger partial charge in [-0.3, -0.25) is 0 Å². The minimum atomic E-state index is -0.863. The molecule has 1 aromatic carbocycles. The van der Waals surface area contributed by atoms with Gasteiger partial charge in [-0.15, -0.1) is 0 Å². The van der Waals surface area contributed by atoms with E-state index in [2.05, 4.69) is 18.9 Å². The maximum absolute atomic E-state index is 10.8. The highest BCUT2D eigenvalue weighted by atomic mass is 16.4. The molecule has 1 fully saturated rings. The Hall–Kier alpha value is -1.51. The van der Waals surface area contributed by atoms with E-state index in [1.807, 2.05) is 12.1 Å². The SMILES string of the molecule is CCC1CCC(N(C)c2ccc(C(=O)O)cc2)CC1. The van der Waals surface area contributed by atoms with E-state index in [1.54, 1.807) is 12.1 Å². The van der Waals surface area contributed by atoms with Crippen LogP contribution in [0.25, 0.3) is 0 Å². The monoisotopic (exact) mass is 261 g/mol. The lowest BCUT2D eigenvalue weighted by Crippen LogP contribution is -2.35. The normalized spacial score (nSPS) is 23.1. The Labute approximate surface area is 115 Å². The first-order valence-corrected chi connectivity index (χ1v) is 7.18. The number of carboxylic acids is 1. The van der Waals surface area contributed by atoms with Gasteiger partial charge in [0.05, 0.1) is 5.56 Å². The van der Waals surface area contributed by atoms with E-state index >= 15 is 0 Å². The van der Waals surface area contributed by atoms with E-state index in [0.29, 0.717) is 11.6 Å². The number of aromatic carboxylic acids is 1. The summed E-state index contributed by atoms with van der Waals surface area (Å²) in [6.45, 7) is 2.28. The molecule has 0 unspecified atom stereocenters. The summed E-state index contributed by atoms with van der Waals surface area (Å²) < 4.78 is 0. The number of hydrogen-bond acceptors (Lipinski definition) is 2. The molecule has 0 aromatic heterocycles. The topological polar surface area (TPSA) is 40.5 Å². The molecule has 1 aliphatic carbocycles. The molecule has 2 rings (SSSR count). The second-order valence-corrected chi connectivity index (χ2v) is 5.55. The maximum atomic E-state index is 10.8. The van der Waals surface area contributed by atoms with Gasteiger partial charge in [0.25, 0.3) is 0 Å². The number of nitrogens with zero attached hydrogens (tertiary/aromatic N) is 1. The van der Waals surface area contributed by atoms with Crippen molar-refractivity contribution in [2.75, 3.05) is 11.9 Å². The predicted molar refractivity (Wildman–Crippen MR) is 77.8 cm³/mol. The van der Waals surface area contributed by atoms with Gasteiger partial charge in [0.2, 0.25) is 0 Å². The Bertz CT molecular complexity index is 419. The average molecular weight is 261 g/mol. The molecule has 1 saturated carbocycles. The van der Waals surface area contributed by atoms with Crippen LogP contribution in [-0.4, -0.2) is 24.2 Å². The Morgan fingerprint density at radius 2 is 1.79 bits per heavy atom. The highest BCUT2D eigenvalue weighted by Gasteiger charge is 2.23. The summed E-state index contributed by atoms with van der Waals surface area (Å²) >= 11 is 0. The third kappa shape index (κ3) is 3.28. The molecule has 1 aromatic rings. The summed E-state index contributed by atoms with van der Waals surface area (Å²) in [7, 11) is 2.12. The third-order valence-electron chi connectivity index (χ3n) is 4.46. The zero-order chi connectivity index (χ0) is 13.8. The van der Waals surface area contributed by atoms with Crippen LogP contribution in [0.15, 0.2) is 24.3 Å². The molecule has 104 valence electrons. The lowest BCUT2D eigenvalue weighted by molar-refractivity contribution is 0.0697. The molecule has 0 bridgehead atoms. The molecule has 1 aliphatic rings. The van der Waals surface area contributed by atoms with Crippen molar-refractivity contribution < 1.29 is 9.90 Å². The molecule has 0 atom stereocenters. The van der Waals surface area contributed by atoms with Crippen molar-refractivity contribution in [2.45, 2.75) is 45.1 Å². The van der Waals surface area contributed by atoms with Crippen LogP contribution in [0.5, 0.6) is 0 Å². The summed E-state index contributed by atoms with van der Waals surface area (Å²) in [5.74, 6) is 0.0386. The number of carboxylic acid groups (broad SMARTS) is 1. The van der Waals surface area contributed by atoms with Gasteiger partial charge >= 0.3 is 5.97 Å². The Morgan fingerprint density at radius 3 is 2.26 bits per heavy atom. The molecule has 0 saturated heterocycles. The summed E-state index contributed by atoms with van der Waals surface area (Å²) in [5.41, 5.74) is 1.47. The maximum Gasteiger partial charge on any atom is 0.335 e. The minimum Gasteiger partial charge on any atom is -0.478 e. The Kier molecular flexibility index (Phi) is 4.46. The number of rotatable bonds is 4. The first-order valence-electron chi connectivity index (χ1n) is 7.18. The molecule has 0 radical (unpaired) electrons. The van der Waals surface area contributed by atoms with Gasteiger partial charge in [-0.25, -0.2) is 4.79 Å². The molecule has 3 nitrogen and oxygen atoms in total. The zero-order valence-corrected chi connectivity index (χ0v) is 11.8. The second-order valence-electron chi connectivity index (χ2n) is 5.55. The van der Waals surface area contributed by atoms with E-state index in [4.69, 9.17) is 5.11 Å². The van der Waals surface area contributed by atoms with Gasteiger partial charge < -0.3 is 10.0 Å². The van der Waals surface area contributed by atoms with Crippen molar-refractivity contribution >= 4 is 11.7 Å². The number of carbonyl (C=O) groups is 1. The van der Waals surface area contributed by atoms with Gasteiger partial charge in [0.15, 0.2) is 0 Å². The summed E-state index contributed by atoms with van der Waals surface area (Å²) in [6, 6.07) is 7.79. The second kappa shape index (κ2) is 6.09. The van der Waals surface area contributed by atoms with Crippen LogP contribution in [0.2, 0.25) is 0 Å². The first kappa shape index (κ1) is 13.9. The molecule has 0 amide bonds. The van der Waals surface area contributed by atoms with E-state index in [0.717, 1.165) is 11.6 Å². The van der Waals surface area contributed by atoms with Crippen LogP contribution in [0.4, 0.5) is 5.69 Å². The minimum absolute atomic E-state index is 0.354. The quantitative estimate of drug-likeness (QED) is 0.896. The van der Waals surface area contributed by atoms with Gasteiger partial charge in [0, 0.05) is 18.8 Å². The van der Waals surface area contributed by atoms with E-state index in [-0.39, 0.29) is 0 Å². The third-order valence-corrected chi connectivity index (χ3v) is 4.46. The average Bonchev–Trinajstić information content (AvgIpc) is 2.46. The van der Waals surface area contributed by atoms with Crippen molar-refractivity contribution in [1.82, 2.24) is 0 Å². The lowest BCUT2D eigenvalue weighted by atomic mass is 9.84. The van der Waals surface area contributed by atoms with Crippen molar-refractivity contribution in [1.29, 1.82) is 0 Å². The number of anilines is 1.